The minimum absolute atomic E-state index is 0.677. The number of hydrogen-bond donors (Lipinski definition) is 0. The van der Waals surface area contributed by atoms with Gasteiger partial charge < -0.3 is 0 Å². The van der Waals surface area contributed by atoms with Gasteiger partial charge in [0.15, 0.2) is 0 Å². The third-order valence-corrected chi connectivity index (χ3v) is 3.81. The molecular weight excluding hydrogens is 180 g/mol. The van der Waals surface area contributed by atoms with Crippen LogP contribution in [0.4, 0.5) is 0 Å². The summed E-state index contributed by atoms with van der Waals surface area (Å²) in [5.74, 6) is 2.51. The van der Waals surface area contributed by atoms with Crippen LogP contribution in [-0.2, 0) is 0 Å². The molecule has 0 aliphatic heterocycles. The largest absolute Gasteiger partial charge is 0.0587 e. The molecule has 2 saturated carbocycles. The summed E-state index contributed by atoms with van der Waals surface area (Å²) in [4.78, 5) is 0. The van der Waals surface area contributed by atoms with Crippen molar-refractivity contribution in [1.82, 2.24) is 0 Å². The van der Waals surface area contributed by atoms with Gasteiger partial charge in [-0.15, -0.1) is 0 Å². The zero-order valence-electron chi connectivity index (χ0n) is 9.79. The highest BCUT2D eigenvalue weighted by atomic mass is 14.4. The SMILES string of the molecule is CC(C)c1ccc(C2CC2)c(C2CC2)c1. The quantitative estimate of drug-likeness (QED) is 0.670. The van der Waals surface area contributed by atoms with E-state index in [1.54, 1.807) is 11.1 Å². The van der Waals surface area contributed by atoms with E-state index in [1.807, 2.05) is 0 Å². The van der Waals surface area contributed by atoms with Gasteiger partial charge in [-0.25, -0.2) is 0 Å². The fourth-order valence-corrected chi connectivity index (χ4v) is 2.47. The minimum atomic E-state index is 0.677. The van der Waals surface area contributed by atoms with Gasteiger partial charge in [-0.1, -0.05) is 32.0 Å². The molecule has 0 N–H and O–H groups in total. The average Bonchev–Trinajstić information content (AvgIpc) is 3.08. The topological polar surface area (TPSA) is 0 Å². The number of rotatable bonds is 3. The Morgan fingerprint density at radius 2 is 1.53 bits per heavy atom. The first-order valence-electron chi connectivity index (χ1n) is 6.39. The van der Waals surface area contributed by atoms with Crippen LogP contribution in [0, 0.1) is 0 Å². The fraction of sp³-hybridized carbons (Fsp3) is 0.600. The van der Waals surface area contributed by atoms with Crippen LogP contribution in [0.1, 0.15) is 74.0 Å². The summed E-state index contributed by atoms with van der Waals surface area (Å²) < 4.78 is 0. The van der Waals surface area contributed by atoms with E-state index in [9.17, 15) is 0 Å². The van der Waals surface area contributed by atoms with E-state index in [0.717, 1.165) is 11.8 Å². The second-order valence-electron chi connectivity index (χ2n) is 5.59. The first kappa shape index (κ1) is 9.45. The maximum absolute atomic E-state index is 2.50. The number of benzene rings is 1. The van der Waals surface area contributed by atoms with Gasteiger partial charge >= 0.3 is 0 Å². The summed E-state index contributed by atoms with van der Waals surface area (Å²) in [6.07, 6.45) is 5.73. The maximum atomic E-state index is 2.50. The molecule has 0 unspecified atom stereocenters. The Kier molecular flexibility index (Phi) is 2.12. The molecular formula is C15H20. The van der Waals surface area contributed by atoms with Gasteiger partial charge in [0.05, 0.1) is 0 Å². The van der Waals surface area contributed by atoms with Gasteiger partial charge in [-0.3, -0.25) is 0 Å². The Morgan fingerprint density at radius 1 is 0.933 bits per heavy atom. The lowest BCUT2D eigenvalue weighted by Crippen LogP contribution is -1.95. The molecule has 0 nitrogen and oxygen atoms in total. The Balaban J connectivity index is 2.00. The number of hydrogen-bond acceptors (Lipinski definition) is 0. The molecule has 0 bridgehead atoms. The Morgan fingerprint density at radius 3 is 2.07 bits per heavy atom. The highest BCUT2D eigenvalue weighted by molar-refractivity contribution is 5.41. The molecule has 0 spiro atoms. The predicted molar refractivity (Wildman–Crippen MR) is 64.5 cm³/mol. The van der Waals surface area contributed by atoms with Crippen molar-refractivity contribution in [2.45, 2.75) is 57.3 Å². The molecule has 0 radical (unpaired) electrons. The molecule has 80 valence electrons. The Bertz CT molecular complexity index is 368. The molecule has 1 aromatic rings. The van der Waals surface area contributed by atoms with Crippen molar-refractivity contribution in [2.24, 2.45) is 0 Å². The van der Waals surface area contributed by atoms with Crippen LogP contribution in [0.5, 0.6) is 0 Å². The van der Waals surface area contributed by atoms with Crippen LogP contribution in [0.25, 0.3) is 0 Å². The van der Waals surface area contributed by atoms with Crippen LogP contribution < -0.4 is 0 Å². The van der Waals surface area contributed by atoms with Gasteiger partial charge in [0.1, 0.15) is 0 Å². The van der Waals surface area contributed by atoms with E-state index < -0.39 is 0 Å². The monoisotopic (exact) mass is 200 g/mol. The molecule has 15 heavy (non-hydrogen) atoms. The molecule has 0 atom stereocenters. The molecule has 0 heteroatoms. The van der Waals surface area contributed by atoms with Crippen LogP contribution in [0.15, 0.2) is 18.2 Å². The van der Waals surface area contributed by atoms with Crippen molar-refractivity contribution in [1.29, 1.82) is 0 Å². The third-order valence-electron chi connectivity index (χ3n) is 3.81. The molecule has 0 amide bonds. The standard InChI is InChI=1S/C15H20/c1-10(2)13-7-8-14(11-3-4-11)15(9-13)12-5-6-12/h7-12H,3-6H2,1-2H3. The van der Waals surface area contributed by atoms with E-state index in [2.05, 4.69) is 32.0 Å². The minimum Gasteiger partial charge on any atom is -0.0587 e. The zero-order valence-corrected chi connectivity index (χ0v) is 9.79. The Labute approximate surface area is 92.7 Å². The molecule has 1 aromatic carbocycles. The lowest BCUT2D eigenvalue weighted by molar-refractivity contribution is 0.857. The van der Waals surface area contributed by atoms with Crippen molar-refractivity contribution in [3.05, 3.63) is 34.9 Å². The highest BCUT2D eigenvalue weighted by Gasteiger charge is 2.32. The molecule has 3 rings (SSSR count). The van der Waals surface area contributed by atoms with Crippen LogP contribution in [-0.4, -0.2) is 0 Å². The molecule has 0 aromatic heterocycles. The van der Waals surface area contributed by atoms with Crippen molar-refractivity contribution < 1.29 is 0 Å². The van der Waals surface area contributed by atoms with Crippen molar-refractivity contribution in [3.63, 3.8) is 0 Å². The zero-order chi connectivity index (χ0) is 10.4. The summed E-state index contributed by atoms with van der Waals surface area (Å²) in [6.45, 7) is 4.59. The lowest BCUT2D eigenvalue weighted by atomic mass is 9.93. The Hall–Kier alpha value is -0.780. The summed E-state index contributed by atoms with van der Waals surface area (Å²) >= 11 is 0. The summed E-state index contributed by atoms with van der Waals surface area (Å²) in [6, 6.07) is 7.26. The highest BCUT2D eigenvalue weighted by Crippen LogP contribution is 2.49. The second kappa shape index (κ2) is 3.37. The fourth-order valence-electron chi connectivity index (χ4n) is 2.47. The van der Waals surface area contributed by atoms with Gasteiger partial charge in [0.25, 0.3) is 0 Å². The van der Waals surface area contributed by atoms with Crippen LogP contribution >= 0.6 is 0 Å². The lowest BCUT2D eigenvalue weighted by Gasteiger charge is -2.12. The van der Waals surface area contributed by atoms with E-state index in [0.29, 0.717) is 5.92 Å². The van der Waals surface area contributed by atoms with E-state index in [1.165, 1.54) is 31.2 Å². The molecule has 0 saturated heterocycles. The van der Waals surface area contributed by atoms with Gasteiger partial charge in [0, 0.05) is 0 Å². The van der Waals surface area contributed by atoms with Crippen molar-refractivity contribution >= 4 is 0 Å². The van der Waals surface area contributed by atoms with E-state index in [-0.39, 0.29) is 0 Å². The van der Waals surface area contributed by atoms with Crippen molar-refractivity contribution in [2.75, 3.05) is 0 Å². The second-order valence-corrected chi connectivity index (χ2v) is 5.59. The first-order chi connectivity index (χ1) is 7.25. The van der Waals surface area contributed by atoms with Gasteiger partial charge in [-0.05, 0) is 60.1 Å². The van der Waals surface area contributed by atoms with Crippen molar-refractivity contribution in [3.8, 4) is 0 Å². The molecule has 2 aliphatic rings. The summed E-state index contributed by atoms with van der Waals surface area (Å²) in [5, 5.41) is 0. The molecule has 0 heterocycles. The van der Waals surface area contributed by atoms with E-state index in [4.69, 9.17) is 0 Å². The third kappa shape index (κ3) is 1.82. The first-order valence-corrected chi connectivity index (χ1v) is 6.39. The normalized spacial score (nSPS) is 21.0. The summed E-state index contributed by atoms with van der Waals surface area (Å²) in [7, 11) is 0. The maximum Gasteiger partial charge on any atom is -0.0159 e. The van der Waals surface area contributed by atoms with Gasteiger partial charge in [-0.2, -0.15) is 0 Å². The van der Waals surface area contributed by atoms with Crippen LogP contribution in [0.3, 0.4) is 0 Å². The molecule has 2 fully saturated rings. The van der Waals surface area contributed by atoms with E-state index >= 15 is 0 Å². The van der Waals surface area contributed by atoms with Crippen LogP contribution in [0.2, 0.25) is 0 Å². The average molecular weight is 200 g/mol. The van der Waals surface area contributed by atoms with Gasteiger partial charge in [0.2, 0.25) is 0 Å². The summed E-state index contributed by atoms with van der Waals surface area (Å²) in [5.41, 5.74) is 4.91. The predicted octanol–water partition coefficient (Wildman–Crippen LogP) is 4.56. The molecule has 2 aliphatic carbocycles. The smallest absolute Gasteiger partial charge is 0.0159 e.